The summed E-state index contributed by atoms with van der Waals surface area (Å²) in [5, 5.41) is 15.5. The van der Waals surface area contributed by atoms with Crippen LogP contribution in [0.4, 0.5) is 5.82 Å². The molecule has 5 N–H and O–H groups in total. The van der Waals surface area contributed by atoms with Crippen LogP contribution in [-0.4, -0.2) is 41.2 Å². The third-order valence-electron chi connectivity index (χ3n) is 4.81. The molecular weight excluding hydrogens is 364 g/mol. The van der Waals surface area contributed by atoms with E-state index in [0.717, 1.165) is 42.6 Å². The lowest BCUT2D eigenvalue weighted by Crippen LogP contribution is -2.33. The fourth-order valence-electron chi connectivity index (χ4n) is 3.31. The highest BCUT2D eigenvalue weighted by Gasteiger charge is 2.19. The molecule has 2 aromatic rings. The number of halogens is 1. The van der Waals surface area contributed by atoms with E-state index in [0.29, 0.717) is 22.7 Å². The summed E-state index contributed by atoms with van der Waals surface area (Å²) in [6, 6.07) is 9.83. The first-order valence-electron chi connectivity index (χ1n) is 9.24. The van der Waals surface area contributed by atoms with Crippen molar-refractivity contribution < 1.29 is 9.90 Å². The van der Waals surface area contributed by atoms with Gasteiger partial charge in [0.2, 0.25) is 0 Å². The van der Waals surface area contributed by atoms with E-state index in [1.807, 2.05) is 18.2 Å². The molecule has 144 valence electrons. The summed E-state index contributed by atoms with van der Waals surface area (Å²) in [7, 11) is 0. The van der Waals surface area contributed by atoms with Gasteiger partial charge in [-0.25, -0.2) is 4.98 Å². The van der Waals surface area contributed by atoms with E-state index in [1.54, 1.807) is 18.3 Å². The number of benzene rings is 1. The van der Waals surface area contributed by atoms with Crippen molar-refractivity contribution in [2.45, 2.75) is 37.8 Å². The van der Waals surface area contributed by atoms with Gasteiger partial charge in [-0.2, -0.15) is 0 Å². The molecule has 0 spiro atoms. The average molecular weight is 389 g/mol. The number of aliphatic hydroxyl groups is 1. The van der Waals surface area contributed by atoms with Crippen LogP contribution in [0.25, 0.3) is 11.1 Å². The van der Waals surface area contributed by atoms with Crippen molar-refractivity contribution in [3.05, 3.63) is 47.1 Å². The first-order chi connectivity index (χ1) is 13.1. The maximum absolute atomic E-state index is 12.1. The molecule has 0 atom stereocenters. The second kappa shape index (κ2) is 9.17. The minimum Gasteiger partial charge on any atom is -0.395 e. The number of pyridine rings is 1. The lowest BCUT2D eigenvalue weighted by Gasteiger charge is -2.27. The number of aromatic nitrogens is 1. The summed E-state index contributed by atoms with van der Waals surface area (Å²) < 4.78 is 0. The summed E-state index contributed by atoms with van der Waals surface area (Å²) in [6.07, 6.45) is 5.72. The van der Waals surface area contributed by atoms with Gasteiger partial charge in [0, 0.05) is 36.0 Å². The number of aliphatic hydroxyl groups excluding tert-OH is 1. The Kier molecular flexibility index (Phi) is 6.66. The van der Waals surface area contributed by atoms with Crippen LogP contribution in [0.1, 0.15) is 36.0 Å². The molecule has 27 heavy (non-hydrogen) atoms. The molecule has 1 amide bonds. The molecule has 1 heterocycles. The van der Waals surface area contributed by atoms with E-state index in [4.69, 9.17) is 22.4 Å². The van der Waals surface area contributed by atoms with Crippen LogP contribution < -0.4 is 16.4 Å². The van der Waals surface area contributed by atoms with Crippen LogP contribution in [-0.2, 0) is 0 Å². The number of nitrogens with two attached hydrogens (primary N) is 1. The number of carbonyl (C=O) groups is 1. The Labute approximate surface area is 164 Å². The summed E-state index contributed by atoms with van der Waals surface area (Å²) in [6.45, 7) is 0.126. The van der Waals surface area contributed by atoms with Crippen molar-refractivity contribution in [2.24, 2.45) is 5.73 Å². The Morgan fingerprint density at radius 3 is 2.78 bits per heavy atom. The van der Waals surface area contributed by atoms with Gasteiger partial charge in [0.1, 0.15) is 5.82 Å². The molecule has 3 rings (SSSR count). The van der Waals surface area contributed by atoms with Crippen LogP contribution in [0.15, 0.2) is 36.5 Å². The van der Waals surface area contributed by atoms with Gasteiger partial charge in [0.15, 0.2) is 0 Å². The maximum atomic E-state index is 12.1. The van der Waals surface area contributed by atoms with Gasteiger partial charge in [-0.1, -0.05) is 23.7 Å². The van der Waals surface area contributed by atoms with Crippen molar-refractivity contribution in [1.82, 2.24) is 10.3 Å². The zero-order valence-corrected chi connectivity index (χ0v) is 15.9. The number of hydrogen-bond donors (Lipinski definition) is 4. The van der Waals surface area contributed by atoms with Gasteiger partial charge in [-0.05, 0) is 49.4 Å². The topological polar surface area (TPSA) is 100 Å². The first kappa shape index (κ1) is 19.6. The van der Waals surface area contributed by atoms with Gasteiger partial charge in [0.05, 0.1) is 11.6 Å². The van der Waals surface area contributed by atoms with Crippen LogP contribution >= 0.6 is 11.6 Å². The van der Waals surface area contributed by atoms with Crippen LogP contribution in [0.5, 0.6) is 0 Å². The molecule has 0 radical (unpaired) electrons. The van der Waals surface area contributed by atoms with Crippen LogP contribution in [0.3, 0.4) is 0 Å². The average Bonchev–Trinajstić information content (AvgIpc) is 2.69. The Balaban J connectivity index is 1.79. The van der Waals surface area contributed by atoms with Crippen molar-refractivity contribution in [1.29, 1.82) is 0 Å². The Hall–Kier alpha value is -2.15. The SMILES string of the molecule is N[C@H]1CC[C@H](Nc2cc(-c3cccc(C(=O)NCCO)c3)c(Cl)cn2)CC1. The lowest BCUT2D eigenvalue weighted by molar-refractivity contribution is 0.0945. The predicted molar refractivity (Wildman–Crippen MR) is 108 cm³/mol. The van der Waals surface area contributed by atoms with Gasteiger partial charge >= 0.3 is 0 Å². The number of nitrogens with zero attached hydrogens (tertiary/aromatic N) is 1. The largest absolute Gasteiger partial charge is 0.395 e. The van der Waals surface area contributed by atoms with E-state index >= 15 is 0 Å². The second-order valence-corrected chi connectivity index (χ2v) is 7.27. The molecule has 0 aliphatic heterocycles. The Morgan fingerprint density at radius 2 is 2.04 bits per heavy atom. The zero-order valence-electron chi connectivity index (χ0n) is 15.1. The molecule has 1 aliphatic rings. The molecule has 7 heteroatoms. The standard InChI is InChI=1S/C20H25ClN4O2/c21-18-12-24-19(25-16-6-4-15(22)5-7-16)11-17(18)13-2-1-3-14(10-13)20(27)23-8-9-26/h1-3,10-12,15-16,26H,4-9,22H2,(H,23,27)(H,24,25)/t15-,16-. The molecule has 1 aliphatic carbocycles. The van der Waals surface area contributed by atoms with Crippen molar-refractivity contribution in [3.63, 3.8) is 0 Å². The third kappa shape index (κ3) is 5.19. The highest BCUT2D eigenvalue weighted by molar-refractivity contribution is 6.33. The fraction of sp³-hybridized carbons (Fsp3) is 0.400. The van der Waals surface area contributed by atoms with E-state index in [9.17, 15) is 4.79 Å². The van der Waals surface area contributed by atoms with Crippen LogP contribution in [0, 0.1) is 0 Å². The highest BCUT2D eigenvalue weighted by atomic mass is 35.5. The fourth-order valence-corrected chi connectivity index (χ4v) is 3.52. The minimum atomic E-state index is -0.229. The van der Waals surface area contributed by atoms with Crippen molar-refractivity contribution in [2.75, 3.05) is 18.5 Å². The predicted octanol–water partition coefficient (Wildman–Crippen LogP) is 2.81. The summed E-state index contributed by atoms with van der Waals surface area (Å²) >= 11 is 6.37. The molecule has 1 fully saturated rings. The summed E-state index contributed by atoms with van der Waals surface area (Å²) in [5.41, 5.74) is 8.15. The number of amides is 1. The van der Waals surface area contributed by atoms with Crippen molar-refractivity contribution >= 4 is 23.3 Å². The van der Waals surface area contributed by atoms with Gasteiger partial charge in [-0.3, -0.25) is 4.79 Å². The molecule has 0 saturated heterocycles. The second-order valence-electron chi connectivity index (χ2n) is 6.87. The number of anilines is 1. The highest BCUT2D eigenvalue weighted by Crippen LogP contribution is 2.31. The van der Waals surface area contributed by atoms with E-state index < -0.39 is 0 Å². The van der Waals surface area contributed by atoms with Crippen LogP contribution in [0.2, 0.25) is 5.02 Å². The molecule has 0 unspecified atom stereocenters. The van der Waals surface area contributed by atoms with E-state index in [-0.39, 0.29) is 19.1 Å². The summed E-state index contributed by atoms with van der Waals surface area (Å²) in [4.78, 5) is 16.5. The molecule has 1 aromatic carbocycles. The van der Waals surface area contributed by atoms with E-state index in [2.05, 4.69) is 15.6 Å². The normalized spacial score (nSPS) is 19.5. The number of rotatable bonds is 6. The monoisotopic (exact) mass is 388 g/mol. The number of nitrogens with one attached hydrogen (secondary N) is 2. The third-order valence-corrected chi connectivity index (χ3v) is 5.11. The maximum Gasteiger partial charge on any atom is 0.251 e. The molecular formula is C20H25ClN4O2. The number of hydrogen-bond acceptors (Lipinski definition) is 5. The minimum absolute atomic E-state index is 0.0945. The molecule has 1 saturated carbocycles. The van der Waals surface area contributed by atoms with E-state index in [1.165, 1.54) is 0 Å². The first-order valence-corrected chi connectivity index (χ1v) is 9.62. The quantitative estimate of drug-likeness (QED) is 0.609. The Bertz CT molecular complexity index is 791. The Morgan fingerprint density at radius 1 is 1.26 bits per heavy atom. The van der Waals surface area contributed by atoms with Gasteiger partial charge in [-0.15, -0.1) is 0 Å². The van der Waals surface area contributed by atoms with Gasteiger partial charge < -0.3 is 21.5 Å². The lowest BCUT2D eigenvalue weighted by atomic mass is 9.92. The van der Waals surface area contributed by atoms with Gasteiger partial charge in [0.25, 0.3) is 5.91 Å². The molecule has 0 bridgehead atoms. The molecule has 1 aromatic heterocycles. The zero-order chi connectivity index (χ0) is 19.2. The summed E-state index contributed by atoms with van der Waals surface area (Å²) in [5.74, 6) is 0.540. The smallest absolute Gasteiger partial charge is 0.251 e. The van der Waals surface area contributed by atoms with Crippen molar-refractivity contribution in [3.8, 4) is 11.1 Å². The number of carbonyl (C=O) groups excluding carboxylic acids is 1. The molecule has 6 nitrogen and oxygen atoms in total.